The van der Waals surface area contributed by atoms with Crippen LogP contribution < -0.4 is 15.4 Å². The lowest BCUT2D eigenvalue weighted by Crippen LogP contribution is -2.23. The van der Waals surface area contributed by atoms with Crippen LogP contribution in [0.15, 0.2) is 60.9 Å². The molecule has 2 N–H and O–H groups in total. The van der Waals surface area contributed by atoms with Crippen molar-refractivity contribution in [2.45, 2.75) is 6.54 Å². The topological polar surface area (TPSA) is 76.1 Å². The van der Waals surface area contributed by atoms with Gasteiger partial charge in [0.15, 0.2) is 0 Å². The number of aromatic nitrogens is 2. The highest BCUT2D eigenvalue weighted by molar-refractivity contribution is 5.93. The Balaban J connectivity index is 1.59. The second-order valence-corrected chi connectivity index (χ2v) is 5.42. The summed E-state index contributed by atoms with van der Waals surface area (Å²) < 4.78 is 18.7. The first-order valence-electron chi connectivity index (χ1n) is 7.90. The molecule has 1 amide bonds. The van der Waals surface area contributed by atoms with Crippen LogP contribution in [-0.4, -0.2) is 23.0 Å². The summed E-state index contributed by atoms with van der Waals surface area (Å²) >= 11 is 0. The fraction of sp³-hybridized carbons (Fsp3) is 0.105. The van der Waals surface area contributed by atoms with Gasteiger partial charge >= 0.3 is 0 Å². The number of nitrogens with zero attached hydrogens (tertiary/aromatic N) is 2. The fourth-order valence-corrected chi connectivity index (χ4v) is 2.23. The van der Waals surface area contributed by atoms with Crippen LogP contribution in [0.25, 0.3) is 0 Å². The number of methoxy groups -OCH3 is 1. The Morgan fingerprint density at radius 3 is 2.42 bits per heavy atom. The molecule has 0 aliphatic carbocycles. The molecule has 0 spiro atoms. The summed E-state index contributed by atoms with van der Waals surface area (Å²) in [4.78, 5) is 20.4. The van der Waals surface area contributed by atoms with E-state index < -0.39 is 0 Å². The van der Waals surface area contributed by atoms with Crippen LogP contribution in [0.2, 0.25) is 0 Å². The van der Waals surface area contributed by atoms with Crippen molar-refractivity contribution in [1.82, 2.24) is 15.3 Å². The molecular weight excluding hydrogens is 335 g/mol. The zero-order valence-corrected chi connectivity index (χ0v) is 14.1. The van der Waals surface area contributed by atoms with Crippen molar-refractivity contribution in [3.05, 3.63) is 77.9 Å². The number of rotatable bonds is 6. The lowest BCUT2D eigenvalue weighted by Gasteiger charge is -2.08. The summed E-state index contributed by atoms with van der Waals surface area (Å²) in [6, 6.07) is 13.6. The van der Waals surface area contributed by atoms with E-state index in [1.807, 2.05) is 24.3 Å². The molecule has 0 unspecified atom stereocenters. The molecule has 26 heavy (non-hydrogen) atoms. The van der Waals surface area contributed by atoms with Gasteiger partial charge in [-0.1, -0.05) is 18.2 Å². The van der Waals surface area contributed by atoms with E-state index in [1.165, 1.54) is 18.5 Å². The van der Waals surface area contributed by atoms with Crippen molar-refractivity contribution in [2.75, 3.05) is 12.4 Å². The second kappa shape index (κ2) is 8.06. The van der Waals surface area contributed by atoms with Crippen LogP contribution in [0.3, 0.4) is 0 Å². The highest BCUT2D eigenvalue weighted by Crippen LogP contribution is 2.17. The molecule has 3 aromatic rings. The molecule has 7 heteroatoms. The minimum Gasteiger partial charge on any atom is -0.497 e. The summed E-state index contributed by atoms with van der Waals surface area (Å²) in [5.74, 6) is 0.381. The second-order valence-electron chi connectivity index (χ2n) is 5.42. The third kappa shape index (κ3) is 4.32. The van der Waals surface area contributed by atoms with Crippen molar-refractivity contribution < 1.29 is 13.9 Å². The molecule has 0 saturated carbocycles. The van der Waals surface area contributed by atoms with Gasteiger partial charge < -0.3 is 15.4 Å². The van der Waals surface area contributed by atoms with E-state index in [2.05, 4.69) is 20.6 Å². The van der Waals surface area contributed by atoms with Gasteiger partial charge in [0.1, 0.15) is 11.6 Å². The number of amides is 1. The Bertz CT molecular complexity index is 883. The first-order chi connectivity index (χ1) is 12.7. The number of hydrogen-bond acceptors (Lipinski definition) is 5. The van der Waals surface area contributed by atoms with Crippen LogP contribution >= 0.6 is 0 Å². The predicted octanol–water partition coefficient (Wildman–Crippen LogP) is 3.30. The normalized spacial score (nSPS) is 10.2. The quantitative estimate of drug-likeness (QED) is 0.712. The highest BCUT2D eigenvalue weighted by Gasteiger charge is 2.09. The van der Waals surface area contributed by atoms with Crippen molar-refractivity contribution in [2.24, 2.45) is 0 Å². The molecule has 1 aromatic heterocycles. The van der Waals surface area contributed by atoms with Gasteiger partial charge in [0.25, 0.3) is 5.91 Å². The number of halogens is 1. The summed E-state index contributed by atoms with van der Waals surface area (Å²) in [6.07, 6.45) is 2.82. The summed E-state index contributed by atoms with van der Waals surface area (Å²) in [5, 5.41) is 5.67. The maximum absolute atomic E-state index is 13.6. The van der Waals surface area contributed by atoms with Crippen molar-refractivity contribution >= 4 is 17.5 Å². The monoisotopic (exact) mass is 352 g/mol. The zero-order valence-electron chi connectivity index (χ0n) is 14.1. The fourth-order valence-electron chi connectivity index (χ4n) is 2.23. The van der Waals surface area contributed by atoms with Gasteiger partial charge in [-0.3, -0.25) is 4.79 Å². The van der Waals surface area contributed by atoms with Gasteiger partial charge in [-0.25, -0.2) is 14.4 Å². The van der Waals surface area contributed by atoms with E-state index in [0.29, 0.717) is 17.1 Å². The van der Waals surface area contributed by atoms with Crippen LogP contribution in [0.1, 0.15) is 15.9 Å². The zero-order chi connectivity index (χ0) is 18.4. The highest BCUT2D eigenvalue weighted by atomic mass is 19.1. The molecule has 2 aromatic carbocycles. The number of carbonyl (C=O) groups is 1. The van der Waals surface area contributed by atoms with Crippen LogP contribution in [0.5, 0.6) is 5.75 Å². The van der Waals surface area contributed by atoms with E-state index in [4.69, 9.17) is 4.74 Å². The van der Waals surface area contributed by atoms with Gasteiger partial charge in [0.05, 0.1) is 12.7 Å². The molecule has 0 aliphatic heterocycles. The molecule has 3 rings (SSSR count). The Morgan fingerprint density at radius 1 is 1.08 bits per heavy atom. The standard InChI is InChI=1S/C19H17FN4O2/c1-26-16-8-6-15(7-9-16)24-19-22-11-14(12-23-19)18(25)21-10-13-4-2-3-5-17(13)20/h2-9,11-12H,10H2,1H3,(H,21,25)(H,22,23,24). The summed E-state index contributed by atoms with van der Waals surface area (Å²) in [6.45, 7) is 0.0946. The van der Waals surface area contributed by atoms with E-state index in [0.717, 1.165) is 11.4 Å². The molecule has 0 atom stereocenters. The lowest BCUT2D eigenvalue weighted by molar-refractivity contribution is 0.0950. The molecule has 132 valence electrons. The van der Waals surface area contributed by atoms with Crippen molar-refractivity contribution in [3.63, 3.8) is 0 Å². The van der Waals surface area contributed by atoms with Gasteiger partial charge in [-0.2, -0.15) is 0 Å². The Hall–Kier alpha value is -3.48. The number of ether oxygens (including phenoxy) is 1. The predicted molar refractivity (Wildman–Crippen MR) is 95.9 cm³/mol. The largest absolute Gasteiger partial charge is 0.497 e. The molecule has 0 saturated heterocycles. The molecule has 0 fully saturated rings. The maximum Gasteiger partial charge on any atom is 0.254 e. The van der Waals surface area contributed by atoms with Crippen molar-refractivity contribution in [3.8, 4) is 5.75 Å². The molecule has 1 heterocycles. The Kier molecular flexibility index (Phi) is 5.38. The minimum absolute atomic E-state index is 0.0946. The van der Waals surface area contributed by atoms with Gasteiger partial charge in [0.2, 0.25) is 5.95 Å². The average Bonchev–Trinajstić information content (AvgIpc) is 2.68. The molecule has 6 nitrogen and oxygen atoms in total. The summed E-state index contributed by atoms with van der Waals surface area (Å²) in [5.41, 5.74) is 1.50. The molecule has 0 aliphatic rings. The number of hydrogen-bond donors (Lipinski definition) is 2. The minimum atomic E-state index is -0.371. The first kappa shape index (κ1) is 17.3. The number of anilines is 2. The Labute approximate surface area is 150 Å². The summed E-state index contributed by atoms with van der Waals surface area (Å²) in [7, 11) is 1.60. The maximum atomic E-state index is 13.6. The average molecular weight is 352 g/mol. The van der Waals surface area contributed by atoms with Crippen LogP contribution in [-0.2, 0) is 6.54 Å². The van der Waals surface area contributed by atoms with E-state index in [1.54, 1.807) is 25.3 Å². The van der Waals surface area contributed by atoms with E-state index >= 15 is 0 Å². The SMILES string of the molecule is COc1ccc(Nc2ncc(C(=O)NCc3ccccc3F)cn2)cc1. The van der Waals surface area contributed by atoms with E-state index in [9.17, 15) is 9.18 Å². The number of nitrogens with one attached hydrogen (secondary N) is 2. The van der Waals surface area contributed by atoms with Crippen LogP contribution in [0, 0.1) is 5.82 Å². The molecular formula is C19H17FN4O2. The number of carbonyl (C=O) groups excluding carboxylic acids is 1. The number of benzene rings is 2. The third-order valence-corrected chi connectivity index (χ3v) is 3.66. The van der Waals surface area contributed by atoms with Gasteiger partial charge in [-0.15, -0.1) is 0 Å². The lowest BCUT2D eigenvalue weighted by atomic mass is 10.2. The van der Waals surface area contributed by atoms with Gasteiger partial charge in [0, 0.05) is 30.2 Å². The molecule has 0 radical (unpaired) electrons. The van der Waals surface area contributed by atoms with Gasteiger partial charge in [-0.05, 0) is 30.3 Å². The third-order valence-electron chi connectivity index (χ3n) is 3.66. The van der Waals surface area contributed by atoms with Crippen LogP contribution in [0.4, 0.5) is 16.0 Å². The molecule has 0 bridgehead atoms. The smallest absolute Gasteiger partial charge is 0.254 e. The van der Waals surface area contributed by atoms with Crippen molar-refractivity contribution in [1.29, 1.82) is 0 Å². The first-order valence-corrected chi connectivity index (χ1v) is 7.90. The van der Waals surface area contributed by atoms with E-state index in [-0.39, 0.29) is 18.3 Å². The Morgan fingerprint density at radius 2 is 1.77 bits per heavy atom.